The van der Waals surface area contributed by atoms with E-state index in [0.29, 0.717) is 5.75 Å². The summed E-state index contributed by atoms with van der Waals surface area (Å²) in [6.45, 7) is 4.36. The van der Waals surface area contributed by atoms with Crippen molar-refractivity contribution in [3.8, 4) is 5.75 Å². The molecular weight excluding hydrogens is 356 g/mol. The molecule has 2 aromatic rings. The van der Waals surface area contributed by atoms with Crippen LogP contribution in [0.25, 0.3) is 0 Å². The number of rotatable bonds is 12. The second-order valence-electron chi connectivity index (χ2n) is 8.41. The smallest absolute Gasteiger partial charge is 0.170 e. The van der Waals surface area contributed by atoms with Gasteiger partial charge in [-0.15, -0.1) is 0 Å². The lowest BCUT2D eigenvalue weighted by Crippen LogP contribution is -2.19. The molecule has 2 aromatic carbocycles. The van der Waals surface area contributed by atoms with Crippen LogP contribution in [0.3, 0.4) is 0 Å². The first-order valence-electron chi connectivity index (χ1n) is 11.5. The van der Waals surface area contributed by atoms with E-state index in [-0.39, 0.29) is 6.17 Å². The maximum absolute atomic E-state index is 10.9. The Morgan fingerprint density at radius 2 is 1.34 bits per heavy atom. The number of nitrogens with zero attached hydrogens (tertiary/aromatic N) is 2. The zero-order chi connectivity index (χ0) is 20.5. The van der Waals surface area contributed by atoms with Gasteiger partial charge in [0, 0.05) is 5.56 Å². The number of para-hydroxylation sites is 2. The Morgan fingerprint density at radius 1 is 0.793 bits per heavy atom. The minimum absolute atomic E-state index is 0.321. The number of benzene rings is 2. The molecule has 0 saturated heterocycles. The number of aromatic hydroxyl groups is 1. The monoisotopic (exact) mass is 392 g/mol. The van der Waals surface area contributed by atoms with E-state index in [1.54, 1.807) is 0 Å². The fourth-order valence-electron chi connectivity index (χ4n) is 4.19. The third-order valence-corrected chi connectivity index (χ3v) is 5.84. The first kappa shape index (κ1) is 21.5. The molecule has 1 aliphatic heterocycles. The number of hydrogen-bond acceptors (Lipinski definition) is 3. The van der Waals surface area contributed by atoms with Crippen molar-refractivity contribution < 1.29 is 5.11 Å². The Labute approximate surface area is 175 Å². The fraction of sp³-hybridized carbons (Fsp3) is 0.538. The lowest BCUT2D eigenvalue weighted by molar-refractivity contribution is 0.453. The average molecular weight is 393 g/mol. The third kappa shape index (κ3) is 6.16. The van der Waals surface area contributed by atoms with E-state index in [9.17, 15) is 5.11 Å². The van der Waals surface area contributed by atoms with Crippen LogP contribution >= 0.6 is 0 Å². The molecule has 1 N–H and O–H groups in total. The molecule has 0 atom stereocenters. The van der Waals surface area contributed by atoms with Gasteiger partial charge in [0.05, 0.1) is 10.7 Å². The van der Waals surface area contributed by atoms with E-state index >= 15 is 0 Å². The van der Waals surface area contributed by atoms with Gasteiger partial charge in [-0.2, -0.15) is 0 Å². The number of hydrogen-bond donors (Lipinski definition) is 1. The summed E-state index contributed by atoms with van der Waals surface area (Å²) in [6, 6.07) is 12.1. The molecular formula is C26H36N2O. The van der Waals surface area contributed by atoms with Crippen molar-refractivity contribution in [3.05, 3.63) is 63.8 Å². The summed E-state index contributed by atoms with van der Waals surface area (Å²) in [5.41, 5.74) is 3.05. The van der Waals surface area contributed by atoms with E-state index in [1.807, 2.05) is 30.3 Å². The van der Waals surface area contributed by atoms with Crippen LogP contribution in [-0.2, 0) is 6.42 Å². The van der Waals surface area contributed by atoms with Crippen LogP contribution in [0.5, 0.6) is 5.75 Å². The molecule has 0 bridgehead atoms. The summed E-state index contributed by atoms with van der Waals surface area (Å²) in [7, 11) is 0. The zero-order valence-electron chi connectivity index (χ0n) is 18.2. The van der Waals surface area contributed by atoms with E-state index in [0.717, 1.165) is 34.7 Å². The van der Waals surface area contributed by atoms with E-state index in [2.05, 4.69) is 19.9 Å². The zero-order valence-corrected chi connectivity index (χ0v) is 18.2. The molecule has 1 heterocycles. The largest absolute Gasteiger partial charge is 0.507 e. The highest BCUT2D eigenvalue weighted by Crippen LogP contribution is 2.33. The van der Waals surface area contributed by atoms with Crippen molar-refractivity contribution in [2.24, 2.45) is 9.98 Å². The van der Waals surface area contributed by atoms with Crippen LogP contribution in [0.4, 0.5) is 0 Å². The van der Waals surface area contributed by atoms with Crippen LogP contribution < -0.4 is 10.7 Å². The number of aryl methyl sites for hydroxylation is 2. The summed E-state index contributed by atoms with van der Waals surface area (Å²) < 4.78 is 0. The van der Waals surface area contributed by atoms with Crippen LogP contribution in [0, 0.1) is 6.92 Å². The average Bonchev–Trinajstić information content (AvgIpc) is 3.15. The fourth-order valence-corrected chi connectivity index (χ4v) is 4.19. The van der Waals surface area contributed by atoms with Crippen molar-refractivity contribution in [1.29, 1.82) is 0 Å². The van der Waals surface area contributed by atoms with Gasteiger partial charge in [-0.1, -0.05) is 88.5 Å². The Hall–Kier alpha value is -2.16. The van der Waals surface area contributed by atoms with Crippen molar-refractivity contribution in [2.75, 3.05) is 0 Å². The number of unbranched alkanes of at least 4 members (excludes halogenated alkanes) is 9. The lowest BCUT2D eigenvalue weighted by atomic mass is 9.98. The van der Waals surface area contributed by atoms with Crippen LogP contribution in [0.15, 0.2) is 46.4 Å². The maximum Gasteiger partial charge on any atom is 0.170 e. The van der Waals surface area contributed by atoms with Crippen LogP contribution in [0.1, 0.15) is 94.0 Å². The topological polar surface area (TPSA) is 45.0 Å². The molecule has 0 spiro atoms. The Morgan fingerprint density at radius 3 is 1.93 bits per heavy atom. The van der Waals surface area contributed by atoms with Crippen molar-refractivity contribution in [3.63, 3.8) is 0 Å². The Bertz CT molecular complexity index is 868. The minimum atomic E-state index is -0.321. The quantitative estimate of drug-likeness (QED) is 0.435. The van der Waals surface area contributed by atoms with Gasteiger partial charge in [-0.3, -0.25) is 9.98 Å². The third-order valence-electron chi connectivity index (χ3n) is 5.84. The summed E-state index contributed by atoms with van der Waals surface area (Å²) in [6.07, 6.45) is 13.9. The maximum atomic E-state index is 10.9. The Balaban J connectivity index is 1.49. The standard InChI is InChI=1S/C26H36N2O/c1-3-4-5-6-7-8-9-10-11-12-15-21-18-20(2)19-22(25(21)29)26-27-23-16-13-14-17-24(23)28-26/h13-14,16-19,26,29H,3-12,15H2,1-2H3. The van der Waals surface area contributed by atoms with Gasteiger partial charge in [-0.05, 0) is 43.5 Å². The second kappa shape index (κ2) is 11.1. The van der Waals surface area contributed by atoms with Gasteiger partial charge in [0.1, 0.15) is 5.75 Å². The van der Waals surface area contributed by atoms with Gasteiger partial charge in [-0.25, -0.2) is 0 Å². The highest BCUT2D eigenvalue weighted by molar-refractivity contribution is 5.45. The molecule has 0 aromatic heterocycles. The first-order chi connectivity index (χ1) is 14.2. The van der Waals surface area contributed by atoms with Crippen molar-refractivity contribution in [2.45, 2.75) is 90.6 Å². The summed E-state index contributed by atoms with van der Waals surface area (Å²) in [5.74, 6) is 0.386. The SMILES string of the molecule is CCCCCCCCCCCCc1cc(C)cc(C2N=c3ccccc3=N2)c1O. The van der Waals surface area contributed by atoms with Crippen molar-refractivity contribution in [1.82, 2.24) is 0 Å². The number of phenolic OH excluding ortho intramolecular Hbond substituents is 1. The predicted octanol–water partition coefficient (Wildman–Crippen LogP) is 6.12. The van der Waals surface area contributed by atoms with Crippen LogP contribution in [-0.4, -0.2) is 5.11 Å². The van der Waals surface area contributed by atoms with E-state index in [1.165, 1.54) is 63.4 Å². The summed E-state index contributed by atoms with van der Waals surface area (Å²) in [5, 5.41) is 12.7. The molecule has 3 nitrogen and oxygen atoms in total. The highest BCUT2D eigenvalue weighted by Gasteiger charge is 2.19. The van der Waals surface area contributed by atoms with Crippen LogP contribution in [0.2, 0.25) is 0 Å². The molecule has 0 fully saturated rings. The molecule has 0 amide bonds. The van der Waals surface area contributed by atoms with Gasteiger partial charge in [0.2, 0.25) is 0 Å². The summed E-state index contributed by atoms with van der Waals surface area (Å²) in [4.78, 5) is 9.39. The second-order valence-corrected chi connectivity index (χ2v) is 8.41. The minimum Gasteiger partial charge on any atom is -0.507 e. The van der Waals surface area contributed by atoms with Gasteiger partial charge >= 0.3 is 0 Å². The molecule has 156 valence electrons. The Kier molecular flexibility index (Phi) is 8.27. The molecule has 0 saturated carbocycles. The number of fused-ring (bicyclic) bond motifs is 1. The lowest BCUT2D eigenvalue weighted by Gasteiger charge is -2.13. The van der Waals surface area contributed by atoms with Gasteiger partial charge in [0.15, 0.2) is 6.17 Å². The highest BCUT2D eigenvalue weighted by atomic mass is 16.3. The molecule has 29 heavy (non-hydrogen) atoms. The van der Waals surface area contributed by atoms with Gasteiger partial charge < -0.3 is 5.11 Å². The molecule has 0 radical (unpaired) electrons. The molecule has 0 aliphatic carbocycles. The number of phenols is 1. The molecule has 1 aliphatic rings. The van der Waals surface area contributed by atoms with E-state index in [4.69, 9.17) is 9.98 Å². The predicted molar refractivity (Wildman–Crippen MR) is 120 cm³/mol. The van der Waals surface area contributed by atoms with Gasteiger partial charge in [0.25, 0.3) is 0 Å². The molecule has 3 heteroatoms. The van der Waals surface area contributed by atoms with E-state index < -0.39 is 0 Å². The molecule has 0 unspecified atom stereocenters. The normalized spacial score (nSPS) is 13.2. The summed E-state index contributed by atoms with van der Waals surface area (Å²) >= 11 is 0. The molecule has 3 rings (SSSR count). The van der Waals surface area contributed by atoms with Crippen molar-refractivity contribution >= 4 is 0 Å². The first-order valence-corrected chi connectivity index (χ1v) is 11.5.